The highest BCUT2D eigenvalue weighted by Gasteiger charge is 2.22. The van der Waals surface area contributed by atoms with Gasteiger partial charge in [-0.3, -0.25) is 9.59 Å². The highest BCUT2D eigenvalue weighted by Crippen LogP contribution is 2.30. The van der Waals surface area contributed by atoms with Crippen LogP contribution in [0.15, 0.2) is 12.1 Å². The molecule has 21 heavy (non-hydrogen) atoms. The van der Waals surface area contributed by atoms with Gasteiger partial charge in [-0.15, -0.1) is 0 Å². The van der Waals surface area contributed by atoms with Crippen molar-refractivity contribution < 1.29 is 14.3 Å². The molecule has 1 aromatic carbocycles. The molecule has 114 valence electrons. The third-order valence-corrected chi connectivity index (χ3v) is 4.03. The lowest BCUT2D eigenvalue weighted by Gasteiger charge is -2.14. The Bertz CT molecular complexity index is 554. The van der Waals surface area contributed by atoms with Crippen LogP contribution in [-0.4, -0.2) is 25.0 Å². The number of anilines is 1. The highest BCUT2D eigenvalue weighted by molar-refractivity contribution is 6.40. The van der Waals surface area contributed by atoms with E-state index in [-0.39, 0.29) is 6.04 Å². The smallest absolute Gasteiger partial charge is 0.313 e. The molecule has 6 heteroatoms. The van der Waals surface area contributed by atoms with Crippen LogP contribution in [-0.2, 0) is 9.59 Å². The monoisotopic (exact) mass is 310 g/mol. The van der Waals surface area contributed by atoms with Crippen molar-refractivity contribution in [2.75, 3.05) is 12.4 Å². The Morgan fingerprint density at radius 2 is 1.90 bits per heavy atom. The molecule has 5 nitrogen and oxygen atoms in total. The standard InChI is InChI=1S/C15H19ClN2O3/c1-9-7-12(13(21-2)8-11(9)16)18-15(20)14(19)17-10-5-3-4-6-10/h7-8,10H,3-6H2,1-2H3,(H,17,19)(H,18,20). The van der Waals surface area contributed by atoms with Gasteiger partial charge in [0.15, 0.2) is 0 Å². The molecule has 1 fully saturated rings. The van der Waals surface area contributed by atoms with Crippen molar-refractivity contribution in [3.8, 4) is 5.75 Å². The van der Waals surface area contributed by atoms with Gasteiger partial charge in [0.2, 0.25) is 0 Å². The zero-order valence-electron chi connectivity index (χ0n) is 12.2. The number of hydrogen-bond donors (Lipinski definition) is 2. The van der Waals surface area contributed by atoms with Crippen molar-refractivity contribution >= 4 is 29.1 Å². The van der Waals surface area contributed by atoms with Crippen LogP contribution in [0.2, 0.25) is 5.02 Å². The van der Waals surface area contributed by atoms with E-state index in [0.29, 0.717) is 16.5 Å². The van der Waals surface area contributed by atoms with Crippen LogP contribution < -0.4 is 15.4 Å². The van der Waals surface area contributed by atoms with Gasteiger partial charge >= 0.3 is 11.8 Å². The number of halogens is 1. The average Bonchev–Trinajstić information content (AvgIpc) is 2.95. The highest BCUT2D eigenvalue weighted by atomic mass is 35.5. The fourth-order valence-corrected chi connectivity index (χ4v) is 2.58. The van der Waals surface area contributed by atoms with E-state index in [2.05, 4.69) is 10.6 Å². The van der Waals surface area contributed by atoms with E-state index in [0.717, 1.165) is 31.2 Å². The quantitative estimate of drug-likeness (QED) is 0.843. The molecule has 1 aliphatic carbocycles. The summed E-state index contributed by atoms with van der Waals surface area (Å²) in [5.74, 6) is -0.883. The van der Waals surface area contributed by atoms with Gasteiger partial charge in [0.05, 0.1) is 12.8 Å². The van der Waals surface area contributed by atoms with Crippen molar-refractivity contribution in [1.29, 1.82) is 0 Å². The summed E-state index contributed by atoms with van der Waals surface area (Å²) >= 11 is 6.01. The summed E-state index contributed by atoms with van der Waals surface area (Å²) in [5.41, 5.74) is 1.23. The molecule has 0 bridgehead atoms. The molecule has 0 spiro atoms. The molecule has 0 saturated heterocycles. The van der Waals surface area contributed by atoms with Gasteiger partial charge in [-0.05, 0) is 31.4 Å². The molecule has 2 rings (SSSR count). The summed E-state index contributed by atoms with van der Waals surface area (Å²) in [4.78, 5) is 23.8. The van der Waals surface area contributed by atoms with Gasteiger partial charge in [-0.25, -0.2) is 0 Å². The fraction of sp³-hybridized carbons (Fsp3) is 0.467. The number of benzene rings is 1. The minimum atomic E-state index is -0.693. The summed E-state index contributed by atoms with van der Waals surface area (Å²) in [7, 11) is 1.48. The molecular weight excluding hydrogens is 292 g/mol. The second kappa shape index (κ2) is 6.80. The van der Waals surface area contributed by atoms with Crippen LogP contribution in [0, 0.1) is 6.92 Å². The number of carbonyl (C=O) groups is 2. The molecule has 1 aromatic rings. The first kappa shape index (κ1) is 15.6. The number of ether oxygens (including phenoxy) is 1. The predicted molar refractivity (Wildman–Crippen MR) is 81.8 cm³/mol. The molecular formula is C15H19ClN2O3. The molecule has 1 saturated carbocycles. The van der Waals surface area contributed by atoms with E-state index in [4.69, 9.17) is 16.3 Å². The third kappa shape index (κ3) is 3.88. The van der Waals surface area contributed by atoms with E-state index in [1.807, 2.05) is 6.92 Å². The van der Waals surface area contributed by atoms with E-state index in [1.165, 1.54) is 7.11 Å². The minimum Gasteiger partial charge on any atom is -0.495 e. The van der Waals surface area contributed by atoms with Crippen molar-refractivity contribution in [1.82, 2.24) is 5.32 Å². The number of amides is 2. The zero-order valence-corrected chi connectivity index (χ0v) is 12.9. The van der Waals surface area contributed by atoms with Gasteiger partial charge in [0, 0.05) is 17.1 Å². The van der Waals surface area contributed by atoms with Gasteiger partial charge in [0.1, 0.15) is 5.75 Å². The second-order valence-electron chi connectivity index (χ2n) is 5.21. The van der Waals surface area contributed by atoms with Crippen LogP contribution in [0.1, 0.15) is 31.2 Å². The maximum absolute atomic E-state index is 12.0. The van der Waals surface area contributed by atoms with E-state index in [9.17, 15) is 9.59 Å². The number of nitrogens with one attached hydrogen (secondary N) is 2. The molecule has 2 amide bonds. The molecule has 0 heterocycles. The summed E-state index contributed by atoms with van der Waals surface area (Å²) in [6.07, 6.45) is 4.05. The normalized spacial score (nSPS) is 14.8. The van der Waals surface area contributed by atoms with Crippen molar-refractivity contribution in [2.24, 2.45) is 0 Å². The number of methoxy groups -OCH3 is 1. The molecule has 0 aliphatic heterocycles. The lowest BCUT2D eigenvalue weighted by Crippen LogP contribution is -2.40. The maximum atomic E-state index is 12.0. The van der Waals surface area contributed by atoms with Crippen LogP contribution in [0.25, 0.3) is 0 Å². The molecule has 0 radical (unpaired) electrons. The number of aryl methyl sites for hydroxylation is 1. The Balaban J connectivity index is 2.04. The second-order valence-corrected chi connectivity index (χ2v) is 5.62. The molecule has 0 atom stereocenters. The first-order chi connectivity index (χ1) is 10.0. The Labute approximate surface area is 129 Å². The fourth-order valence-electron chi connectivity index (χ4n) is 2.43. The summed E-state index contributed by atoms with van der Waals surface area (Å²) < 4.78 is 5.16. The Morgan fingerprint density at radius 1 is 1.24 bits per heavy atom. The van der Waals surface area contributed by atoms with Gasteiger partial charge in [0.25, 0.3) is 0 Å². The lowest BCUT2D eigenvalue weighted by molar-refractivity contribution is -0.136. The summed E-state index contributed by atoms with van der Waals surface area (Å²) in [6.45, 7) is 1.82. The van der Waals surface area contributed by atoms with Gasteiger partial charge in [-0.1, -0.05) is 24.4 Å². The largest absolute Gasteiger partial charge is 0.495 e. The number of rotatable bonds is 3. The molecule has 0 aromatic heterocycles. The van der Waals surface area contributed by atoms with Crippen LogP contribution in [0.5, 0.6) is 5.75 Å². The summed E-state index contributed by atoms with van der Waals surface area (Å²) in [6, 6.07) is 3.40. The Kier molecular flexibility index (Phi) is 5.07. The lowest BCUT2D eigenvalue weighted by atomic mass is 10.2. The molecule has 1 aliphatic rings. The first-order valence-electron chi connectivity index (χ1n) is 6.97. The van der Waals surface area contributed by atoms with Crippen LogP contribution >= 0.6 is 11.6 Å². The first-order valence-corrected chi connectivity index (χ1v) is 7.35. The topological polar surface area (TPSA) is 67.4 Å². The van der Waals surface area contributed by atoms with Gasteiger partial charge in [-0.2, -0.15) is 0 Å². The Morgan fingerprint density at radius 3 is 2.52 bits per heavy atom. The van der Waals surface area contributed by atoms with Crippen molar-refractivity contribution in [3.63, 3.8) is 0 Å². The number of carbonyl (C=O) groups excluding carboxylic acids is 2. The zero-order chi connectivity index (χ0) is 15.4. The average molecular weight is 311 g/mol. The molecule has 2 N–H and O–H groups in total. The molecule has 0 unspecified atom stereocenters. The third-order valence-electron chi connectivity index (χ3n) is 3.63. The SMILES string of the molecule is COc1cc(Cl)c(C)cc1NC(=O)C(=O)NC1CCCC1. The van der Waals surface area contributed by atoms with E-state index < -0.39 is 11.8 Å². The maximum Gasteiger partial charge on any atom is 0.313 e. The predicted octanol–water partition coefficient (Wildman–Crippen LogP) is 2.65. The van der Waals surface area contributed by atoms with E-state index in [1.54, 1.807) is 12.1 Å². The Hall–Kier alpha value is -1.75. The van der Waals surface area contributed by atoms with Crippen molar-refractivity contribution in [3.05, 3.63) is 22.7 Å². The minimum absolute atomic E-state index is 0.108. The van der Waals surface area contributed by atoms with E-state index >= 15 is 0 Å². The number of hydrogen-bond acceptors (Lipinski definition) is 3. The summed E-state index contributed by atoms with van der Waals surface area (Å²) in [5, 5.41) is 5.86. The van der Waals surface area contributed by atoms with Crippen LogP contribution in [0.3, 0.4) is 0 Å². The van der Waals surface area contributed by atoms with Gasteiger partial charge < -0.3 is 15.4 Å². The van der Waals surface area contributed by atoms with Crippen molar-refractivity contribution in [2.45, 2.75) is 38.6 Å². The van der Waals surface area contributed by atoms with Crippen LogP contribution in [0.4, 0.5) is 5.69 Å².